The number of hydrogen-bond donors (Lipinski definition) is 0. The average molecular weight is 190 g/mol. The molecule has 13 heavy (non-hydrogen) atoms. The fourth-order valence-corrected chi connectivity index (χ4v) is 1.25. The van der Waals surface area contributed by atoms with Gasteiger partial charge in [-0.1, -0.05) is 32.6 Å². The Balaban J connectivity index is 1.86. The first-order valence-corrected chi connectivity index (χ1v) is 5.00. The minimum atomic E-state index is -0.338. The van der Waals surface area contributed by atoms with Crippen LogP contribution in [0.3, 0.4) is 0 Å². The van der Waals surface area contributed by atoms with Crippen molar-refractivity contribution in [1.29, 1.82) is 0 Å². The van der Waals surface area contributed by atoms with E-state index in [0.29, 0.717) is 0 Å². The summed E-state index contributed by atoms with van der Waals surface area (Å²) in [5, 5.41) is 0. The van der Waals surface area contributed by atoms with Gasteiger partial charge in [0.05, 0.1) is 0 Å². The molecule has 0 N–H and O–H groups in total. The van der Waals surface area contributed by atoms with Crippen LogP contribution in [0.5, 0.6) is 0 Å². The molecule has 0 aromatic heterocycles. The Morgan fingerprint density at radius 3 is 2.38 bits per heavy atom. The van der Waals surface area contributed by atoms with Crippen molar-refractivity contribution in [2.75, 3.05) is 6.79 Å². The van der Waals surface area contributed by atoms with Crippen molar-refractivity contribution in [2.45, 2.75) is 51.7 Å². The predicted octanol–water partition coefficient (Wildman–Crippen LogP) is 2.54. The molecule has 0 aromatic rings. The van der Waals surface area contributed by atoms with E-state index in [-0.39, 0.29) is 13.1 Å². The van der Waals surface area contributed by atoms with Crippen LogP contribution in [0.2, 0.25) is 0 Å². The van der Waals surface area contributed by atoms with Crippen LogP contribution in [0.25, 0.3) is 0 Å². The van der Waals surface area contributed by atoms with Gasteiger partial charge in [-0.2, -0.15) is 9.78 Å². The van der Waals surface area contributed by atoms with Gasteiger partial charge >= 0.3 is 0 Å². The van der Waals surface area contributed by atoms with Crippen molar-refractivity contribution >= 4 is 0 Å². The average Bonchev–Trinajstić information content (AvgIpc) is 2.19. The molecule has 1 aliphatic rings. The molecule has 0 amide bonds. The van der Waals surface area contributed by atoms with Crippen molar-refractivity contribution in [3.63, 3.8) is 0 Å². The highest BCUT2D eigenvalue weighted by atomic mass is 17.4. The zero-order valence-corrected chi connectivity index (χ0v) is 8.16. The summed E-state index contributed by atoms with van der Waals surface area (Å²) in [4.78, 5) is 18.9. The van der Waals surface area contributed by atoms with Gasteiger partial charge in [0, 0.05) is 6.42 Å². The number of rotatable bonds is 6. The Morgan fingerprint density at radius 1 is 1.00 bits per heavy atom. The van der Waals surface area contributed by atoms with Crippen LogP contribution in [0.15, 0.2) is 0 Å². The van der Waals surface area contributed by atoms with Gasteiger partial charge in [0.15, 0.2) is 0 Å². The van der Waals surface area contributed by atoms with Crippen LogP contribution in [0, 0.1) is 0 Å². The van der Waals surface area contributed by atoms with Crippen molar-refractivity contribution in [3.8, 4) is 0 Å². The second kappa shape index (κ2) is 7.26. The van der Waals surface area contributed by atoms with Crippen LogP contribution in [-0.2, 0) is 19.6 Å². The lowest BCUT2D eigenvalue weighted by Gasteiger charge is -2.19. The van der Waals surface area contributed by atoms with E-state index in [4.69, 9.17) is 9.78 Å². The summed E-state index contributed by atoms with van der Waals surface area (Å²) in [5.41, 5.74) is 0. The molecule has 1 fully saturated rings. The summed E-state index contributed by atoms with van der Waals surface area (Å²) in [6, 6.07) is 0. The fraction of sp³-hybridized carbons (Fsp3) is 1.00. The molecule has 4 heteroatoms. The molecule has 0 bridgehead atoms. The molecule has 1 aliphatic heterocycles. The maximum absolute atomic E-state index is 4.84. The van der Waals surface area contributed by atoms with E-state index < -0.39 is 0 Å². The molecule has 0 radical (unpaired) electrons. The van der Waals surface area contributed by atoms with Crippen molar-refractivity contribution in [1.82, 2.24) is 0 Å². The molecule has 0 aromatic carbocycles. The van der Waals surface area contributed by atoms with E-state index >= 15 is 0 Å². The summed E-state index contributed by atoms with van der Waals surface area (Å²) in [6.45, 7) is 2.27. The minimum Gasteiger partial charge on any atom is -0.202 e. The predicted molar refractivity (Wildman–Crippen MR) is 46.4 cm³/mol. The Kier molecular flexibility index (Phi) is 6.10. The smallest absolute Gasteiger partial charge is 0.202 e. The summed E-state index contributed by atoms with van der Waals surface area (Å²) in [7, 11) is 0. The Labute approximate surface area is 79.0 Å². The first-order chi connectivity index (χ1) is 6.43. The largest absolute Gasteiger partial charge is 0.224 e. The first kappa shape index (κ1) is 10.9. The molecule has 0 saturated carbocycles. The molecule has 1 rings (SSSR count). The second-order valence-electron chi connectivity index (χ2n) is 3.18. The van der Waals surface area contributed by atoms with Gasteiger partial charge in [-0.3, -0.25) is 0 Å². The molecule has 1 saturated heterocycles. The van der Waals surface area contributed by atoms with E-state index in [2.05, 4.69) is 16.7 Å². The zero-order valence-electron chi connectivity index (χ0n) is 8.16. The topological polar surface area (TPSA) is 36.9 Å². The summed E-state index contributed by atoms with van der Waals surface area (Å²) < 4.78 is 0. The molecule has 4 nitrogen and oxygen atoms in total. The van der Waals surface area contributed by atoms with Gasteiger partial charge in [0.25, 0.3) is 0 Å². The van der Waals surface area contributed by atoms with Crippen LogP contribution >= 0.6 is 0 Å². The lowest BCUT2D eigenvalue weighted by atomic mass is 10.1. The highest BCUT2D eigenvalue weighted by molar-refractivity contribution is 4.46. The Morgan fingerprint density at radius 2 is 1.69 bits per heavy atom. The lowest BCUT2D eigenvalue weighted by molar-refractivity contribution is -0.559. The monoisotopic (exact) mass is 190 g/mol. The SMILES string of the molecule is CCCCCCCC1OOCOO1. The van der Waals surface area contributed by atoms with Crippen molar-refractivity contribution in [3.05, 3.63) is 0 Å². The molecular weight excluding hydrogens is 172 g/mol. The minimum absolute atomic E-state index is 0.0618. The lowest BCUT2D eigenvalue weighted by Crippen LogP contribution is -2.24. The standard InChI is InChI=1S/C9H18O4/c1-2-3-4-5-6-7-9-12-10-8-11-13-9/h9H,2-8H2,1H3. The molecule has 1 heterocycles. The highest BCUT2D eigenvalue weighted by Gasteiger charge is 2.15. The van der Waals surface area contributed by atoms with Crippen LogP contribution in [0.1, 0.15) is 45.4 Å². The van der Waals surface area contributed by atoms with Crippen LogP contribution < -0.4 is 0 Å². The van der Waals surface area contributed by atoms with Crippen LogP contribution in [0.4, 0.5) is 0 Å². The quantitative estimate of drug-likeness (QED) is 0.476. The van der Waals surface area contributed by atoms with E-state index in [1.54, 1.807) is 0 Å². The van der Waals surface area contributed by atoms with Gasteiger partial charge in [0.2, 0.25) is 13.1 Å². The zero-order chi connectivity index (χ0) is 9.36. The number of hydrogen-bond acceptors (Lipinski definition) is 4. The summed E-state index contributed by atoms with van der Waals surface area (Å²) >= 11 is 0. The van der Waals surface area contributed by atoms with Gasteiger partial charge in [-0.25, -0.2) is 9.78 Å². The molecule has 0 atom stereocenters. The molecule has 0 spiro atoms. The number of unbranched alkanes of at least 4 members (excludes halogenated alkanes) is 4. The first-order valence-electron chi connectivity index (χ1n) is 5.00. The normalized spacial score (nSPS) is 19.2. The molecule has 0 aliphatic carbocycles. The Hall–Kier alpha value is -0.160. The molecule has 0 unspecified atom stereocenters. The van der Waals surface area contributed by atoms with E-state index in [9.17, 15) is 0 Å². The maximum atomic E-state index is 4.84. The van der Waals surface area contributed by atoms with E-state index in [1.807, 2.05) is 0 Å². The van der Waals surface area contributed by atoms with E-state index in [1.165, 1.54) is 25.7 Å². The fourth-order valence-electron chi connectivity index (χ4n) is 1.25. The van der Waals surface area contributed by atoms with Gasteiger partial charge in [0.1, 0.15) is 0 Å². The Bertz CT molecular complexity index is 112. The highest BCUT2D eigenvalue weighted by Crippen LogP contribution is 2.13. The van der Waals surface area contributed by atoms with Gasteiger partial charge in [-0.05, 0) is 6.42 Å². The molecule has 78 valence electrons. The third-order valence-corrected chi connectivity index (χ3v) is 1.99. The van der Waals surface area contributed by atoms with E-state index in [0.717, 1.165) is 12.8 Å². The molecular formula is C9H18O4. The maximum Gasteiger partial charge on any atom is 0.224 e. The van der Waals surface area contributed by atoms with Gasteiger partial charge < -0.3 is 0 Å². The van der Waals surface area contributed by atoms with Crippen molar-refractivity contribution < 1.29 is 19.6 Å². The third-order valence-electron chi connectivity index (χ3n) is 1.99. The van der Waals surface area contributed by atoms with Crippen LogP contribution in [-0.4, -0.2) is 13.1 Å². The van der Waals surface area contributed by atoms with Gasteiger partial charge in [-0.15, -0.1) is 0 Å². The van der Waals surface area contributed by atoms with Crippen molar-refractivity contribution in [2.24, 2.45) is 0 Å². The summed E-state index contributed by atoms with van der Waals surface area (Å²) in [5.74, 6) is 0. The summed E-state index contributed by atoms with van der Waals surface area (Å²) in [6.07, 6.45) is 6.67. The third kappa shape index (κ3) is 5.21. The second-order valence-corrected chi connectivity index (χ2v) is 3.18.